The van der Waals surface area contributed by atoms with Gasteiger partial charge in [0.15, 0.2) is 0 Å². The van der Waals surface area contributed by atoms with Crippen LogP contribution in [0.15, 0.2) is 48.5 Å². The summed E-state index contributed by atoms with van der Waals surface area (Å²) in [5.74, 6) is 0.144. The molecule has 1 fully saturated rings. The Bertz CT molecular complexity index is 729. The summed E-state index contributed by atoms with van der Waals surface area (Å²) in [5.41, 5.74) is 4.43. The number of carbonyl (C=O) groups is 1. The van der Waals surface area contributed by atoms with E-state index >= 15 is 0 Å². The maximum absolute atomic E-state index is 12.7. The lowest BCUT2D eigenvalue weighted by Crippen LogP contribution is -2.48. The molecule has 0 N–H and O–H groups in total. The van der Waals surface area contributed by atoms with Crippen molar-refractivity contribution in [1.82, 2.24) is 4.90 Å². The molecule has 138 valence electrons. The normalized spacial score (nSPS) is 14.4. The highest BCUT2D eigenvalue weighted by Crippen LogP contribution is 2.22. The van der Waals surface area contributed by atoms with Gasteiger partial charge in [0.2, 0.25) is 0 Å². The van der Waals surface area contributed by atoms with Crippen LogP contribution in [-0.2, 0) is 0 Å². The van der Waals surface area contributed by atoms with E-state index in [1.807, 2.05) is 36.1 Å². The van der Waals surface area contributed by atoms with Gasteiger partial charge < -0.3 is 14.7 Å². The predicted octanol–water partition coefficient (Wildman–Crippen LogP) is 3.80. The van der Waals surface area contributed by atoms with Crippen LogP contribution in [0.4, 0.5) is 11.4 Å². The van der Waals surface area contributed by atoms with E-state index in [1.165, 1.54) is 11.4 Å². The van der Waals surface area contributed by atoms with Crippen LogP contribution in [0.1, 0.15) is 29.8 Å². The Balaban J connectivity index is 1.60. The van der Waals surface area contributed by atoms with Crippen molar-refractivity contribution in [2.75, 3.05) is 49.1 Å². The topological polar surface area (TPSA) is 26.8 Å². The Labute approximate surface area is 157 Å². The van der Waals surface area contributed by atoms with E-state index in [-0.39, 0.29) is 5.91 Å². The molecule has 4 heteroatoms. The predicted molar refractivity (Wildman–Crippen MR) is 109 cm³/mol. The second-order valence-corrected chi connectivity index (χ2v) is 6.84. The summed E-state index contributed by atoms with van der Waals surface area (Å²) in [4.78, 5) is 19.4. The molecule has 1 saturated heterocycles. The summed E-state index contributed by atoms with van der Waals surface area (Å²) in [6.45, 7) is 11.7. The number of piperazine rings is 1. The van der Waals surface area contributed by atoms with Crippen molar-refractivity contribution in [2.45, 2.75) is 20.8 Å². The molecular weight excluding hydrogens is 322 g/mol. The van der Waals surface area contributed by atoms with Gasteiger partial charge in [-0.3, -0.25) is 4.79 Å². The average Bonchev–Trinajstić information content (AvgIpc) is 2.69. The lowest BCUT2D eigenvalue weighted by molar-refractivity contribution is 0.0746. The Kier molecular flexibility index (Phi) is 5.82. The van der Waals surface area contributed by atoms with Crippen LogP contribution in [0.5, 0.6) is 0 Å². The standard InChI is InChI=1S/C22H29N3O/c1-4-23(5-2)20-9-11-21(12-10-20)24-13-15-25(16-14-24)22(26)19-8-6-7-18(3)17-19/h6-12,17H,4-5,13-16H2,1-3H3. The minimum Gasteiger partial charge on any atom is -0.372 e. The Hall–Kier alpha value is -2.49. The monoisotopic (exact) mass is 351 g/mol. The van der Waals surface area contributed by atoms with Crippen LogP contribution in [0.25, 0.3) is 0 Å². The number of amides is 1. The first kappa shape index (κ1) is 18.3. The third kappa shape index (κ3) is 4.01. The van der Waals surface area contributed by atoms with E-state index in [4.69, 9.17) is 0 Å². The molecule has 0 bridgehead atoms. The molecule has 0 unspecified atom stereocenters. The maximum Gasteiger partial charge on any atom is 0.253 e. The van der Waals surface area contributed by atoms with E-state index in [9.17, 15) is 4.79 Å². The van der Waals surface area contributed by atoms with Crippen LogP contribution in [-0.4, -0.2) is 50.1 Å². The molecule has 0 radical (unpaired) electrons. The summed E-state index contributed by atoms with van der Waals surface area (Å²) in [6, 6.07) is 16.7. The van der Waals surface area contributed by atoms with Gasteiger partial charge in [-0.2, -0.15) is 0 Å². The van der Waals surface area contributed by atoms with Gasteiger partial charge in [0, 0.05) is 56.2 Å². The molecule has 1 amide bonds. The molecule has 0 aliphatic carbocycles. The fourth-order valence-corrected chi connectivity index (χ4v) is 3.59. The van der Waals surface area contributed by atoms with Crippen LogP contribution in [0.2, 0.25) is 0 Å². The second-order valence-electron chi connectivity index (χ2n) is 6.84. The minimum absolute atomic E-state index is 0.144. The van der Waals surface area contributed by atoms with Crippen molar-refractivity contribution >= 4 is 17.3 Å². The molecule has 2 aromatic rings. The fraction of sp³-hybridized carbons (Fsp3) is 0.409. The van der Waals surface area contributed by atoms with Crippen molar-refractivity contribution < 1.29 is 4.79 Å². The van der Waals surface area contributed by atoms with Gasteiger partial charge >= 0.3 is 0 Å². The van der Waals surface area contributed by atoms with E-state index in [0.29, 0.717) is 0 Å². The third-order valence-corrected chi connectivity index (χ3v) is 5.18. The highest BCUT2D eigenvalue weighted by Gasteiger charge is 2.22. The summed E-state index contributed by atoms with van der Waals surface area (Å²) >= 11 is 0. The quantitative estimate of drug-likeness (QED) is 0.820. The van der Waals surface area contributed by atoms with Crippen LogP contribution in [0, 0.1) is 6.92 Å². The van der Waals surface area contributed by atoms with Crippen molar-refractivity contribution in [1.29, 1.82) is 0 Å². The smallest absolute Gasteiger partial charge is 0.253 e. The number of hydrogen-bond acceptors (Lipinski definition) is 3. The van der Waals surface area contributed by atoms with Gasteiger partial charge in [0.05, 0.1) is 0 Å². The number of aryl methyl sites for hydroxylation is 1. The molecule has 2 aromatic carbocycles. The third-order valence-electron chi connectivity index (χ3n) is 5.18. The van der Waals surface area contributed by atoms with E-state index in [1.54, 1.807) is 0 Å². The van der Waals surface area contributed by atoms with Crippen molar-refractivity contribution in [3.05, 3.63) is 59.7 Å². The molecular formula is C22H29N3O. The maximum atomic E-state index is 12.7. The number of carbonyl (C=O) groups excluding carboxylic acids is 1. The summed E-state index contributed by atoms with van der Waals surface area (Å²) in [7, 11) is 0. The number of rotatable bonds is 5. The molecule has 4 nitrogen and oxygen atoms in total. The van der Waals surface area contributed by atoms with Gasteiger partial charge in [0.1, 0.15) is 0 Å². The molecule has 3 rings (SSSR count). The molecule has 0 saturated carbocycles. The average molecular weight is 351 g/mol. The summed E-state index contributed by atoms with van der Waals surface area (Å²) < 4.78 is 0. The molecule has 0 atom stereocenters. The van der Waals surface area contributed by atoms with Gasteiger partial charge in [-0.15, -0.1) is 0 Å². The van der Waals surface area contributed by atoms with Crippen LogP contribution < -0.4 is 9.80 Å². The van der Waals surface area contributed by atoms with E-state index in [2.05, 4.69) is 47.9 Å². The Morgan fingerprint density at radius 1 is 0.962 bits per heavy atom. The second kappa shape index (κ2) is 8.26. The van der Waals surface area contributed by atoms with E-state index < -0.39 is 0 Å². The lowest BCUT2D eigenvalue weighted by Gasteiger charge is -2.36. The lowest BCUT2D eigenvalue weighted by atomic mass is 10.1. The largest absolute Gasteiger partial charge is 0.372 e. The number of anilines is 2. The zero-order valence-electron chi connectivity index (χ0n) is 16.1. The highest BCUT2D eigenvalue weighted by molar-refractivity contribution is 5.94. The molecule has 26 heavy (non-hydrogen) atoms. The van der Waals surface area contributed by atoms with Gasteiger partial charge in [-0.25, -0.2) is 0 Å². The van der Waals surface area contributed by atoms with Gasteiger partial charge in [-0.05, 0) is 57.2 Å². The molecule has 1 heterocycles. The number of nitrogens with zero attached hydrogens (tertiary/aromatic N) is 3. The molecule has 0 aromatic heterocycles. The fourth-order valence-electron chi connectivity index (χ4n) is 3.59. The first-order valence-corrected chi connectivity index (χ1v) is 9.58. The number of benzene rings is 2. The Morgan fingerprint density at radius 2 is 1.62 bits per heavy atom. The van der Waals surface area contributed by atoms with E-state index in [0.717, 1.165) is 50.4 Å². The van der Waals surface area contributed by atoms with Crippen molar-refractivity contribution in [3.8, 4) is 0 Å². The molecule has 0 spiro atoms. The van der Waals surface area contributed by atoms with Gasteiger partial charge in [0.25, 0.3) is 5.91 Å². The summed E-state index contributed by atoms with van der Waals surface area (Å²) in [5, 5.41) is 0. The molecule has 1 aliphatic heterocycles. The van der Waals surface area contributed by atoms with Crippen molar-refractivity contribution in [3.63, 3.8) is 0 Å². The zero-order chi connectivity index (χ0) is 18.5. The zero-order valence-corrected chi connectivity index (χ0v) is 16.1. The van der Waals surface area contributed by atoms with Crippen LogP contribution in [0.3, 0.4) is 0 Å². The van der Waals surface area contributed by atoms with Crippen molar-refractivity contribution in [2.24, 2.45) is 0 Å². The Morgan fingerprint density at radius 3 is 2.19 bits per heavy atom. The SMILES string of the molecule is CCN(CC)c1ccc(N2CCN(C(=O)c3cccc(C)c3)CC2)cc1. The highest BCUT2D eigenvalue weighted by atomic mass is 16.2. The minimum atomic E-state index is 0.144. The molecule has 1 aliphatic rings. The van der Waals surface area contributed by atoms with Gasteiger partial charge in [-0.1, -0.05) is 17.7 Å². The summed E-state index contributed by atoms with van der Waals surface area (Å²) in [6.07, 6.45) is 0. The first-order valence-electron chi connectivity index (χ1n) is 9.58. The van der Waals surface area contributed by atoms with Crippen LogP contribution >= 0.6 is 0 Å². The number of hydrogen-bond donors (Lipinski definition) is 0. The first-order chi connectivity index (χ1) is 12.6.